The van der Waals surface area contributed by atoms with Crippen LogP contribution in [0.15, 0.2) is 54.1 Å². The smallest absolute Gasteiger partial charge is 0.250 e. The number of ether oxygens (including phenoxy) is 3. The fourth-order valence-electron chi connectivity index (χ4n) is 4.00. The molecule has 1 heterocycles. The normalized spacial score (nSPS) is 16.9. The Morgan fingerprint density at radius 2 is 1.97 bits per heavy atom. The maximum absolute atomic E-state index is 12.9. The summed E-state index contributed by atoms with van der Waals surface area (Å²) in [6.45, 7) is 3.13. The van der Waals surface area contributed by atoms with Gasteiger partial charge in [0.1, 0.15) is 12.4 Å². The maximum atomic E-state index is 12.9. The van der Waals surface area contributed by atoms with E-state index in [1.54, 1.807) is 7.11 Å². The van der Waals surface area contributed by atoms with E-state index in [1.165, 1.54) is 0 Å². The Labute approximate surface area is 213 Å². The van der Waals surface area contributed by atoms with Gasteiger partial charge in [0.2, 0.25) is 5.91 Å². The number of carbonyl (C=O) groups excluding carboxylic acids is 2. The summed E-state index contributed by atoms with van der Waals surface area (Å²) in [6.07, 6.45) is 6.83. The fourth-order valence-corrected chi connectivity index (χ4v) is 4.00. The third-order valence-corrected chi connectivity index (χ3v) is 5.91. The Bertz CT molecular complexity index is 997. The van der Waals surface area contributed by atoms with Crippen LogP contribution in [0.5, 0.6) is 5.75 Å². The molecule has 0 radical (unpaired) electrons. The molecule has 1 fully saturated rings. The summed E-state index contributed by atoms with van der Waals surface area (Å²) in [4.78, 5) is 30.3. The first kappa shape index (κ1) is 27.6. The second kappa shape index (κ2) is 15.2. The van der Waals surface area contributed by atoms with Gasteiger partial charge in [-0.25, -0.2) is 10.3 Å². The number of allylic oxidation sites excluding steroid dienone is 1. The highest BCUT2D eigenvalue weighted by Gasteiger charge is 2.16. The van der Waals surface area contributed by atoms with Crippen LogP contribution in [-0.2, 0) is 23.9 Å². The number of hydroxylamine groups is 1. The molecule has 2 atom stereocenters. The number of unbranched alkanes of at least 4 members (excludes halogenated alkanes) is 2. The molecule has 3 rings (SSSR count). The Hall–Kier alpha value is -2.94. The van der Waals surface area contributed by atoms with Crippen molar-refractivity contribution in [2.45, 2.75) is 64.2 Å². The van der Waals surface area contributed by atoms with Crippen LogP contribution >= 0.6 is 0 Å². The zero-order chi connectivity index (χ0) is 25.6. The second-order valence-corrected chi connectivity index (χ2v) is 9.01. The van der Waals surface area contributed by atoms with Crippen molar-refractivity contribution in [2.75, 3.05) is 26.9 Å². The third kappa shape index (κ3) is 9.26. The molecular formula is C28H38N2O6. The molecule has 8 heteroatoms. The summed E-state index contributed by atoms with van der Waals surface area (Å²) >= 11 is 0. The van der Waals surface area contributed by atoms with E-state index < -0.39 is 0 Å². The number of benzene rings is 2. The zero-order valence-corrected chi connectivity index (χ0v) is 21.3. The minimum atomic E-state index is -0.353. The largest absolute Gasteiger partial charge is 0.488 e. The van der Waals surface area contributed by atoms with Gasteiger partial charge < -0.3 is 19.5 Å². The number of carbonyl (C=O) groups is 2. The van der Waals surface area contributed by atoms with Crippen molar-refractivity contribution >= 4 is 22.6 Å². The Morgan fingerprint density at radius 1 is 1.14 bits per heavy atom. The summed E-state index contributed by atoms with van der Waals surface area (Å²) in [6, 6.07) is 13.7. The molecule has 2 N–H and O–H groups in total. The number of nitrogens with one attached hydrogen (secondary N) is 2. The molecule has 0 aromatic heterocycles. The van der Waals surface area contributed by atoms with Gasteiger partial charge in [0, 0.05) is 38.0 Å². The minimum absolute atomic E-state index is 0.125. The van der Waals surface area contributed by atoms with Crippen molar-refractivity contribution in [3.05, 3.63) is 54.1 Å². The maximum Gasteiger partial charge on any atom is 0.250 e. The molecule has 196 valence electrons. The van der Waals surface area contributed by atoms with Gasteiger partial charge in [0.15, 0.2) is 6.29 Å². The highest BCUT2D eigenvalue weighted by Crippen LogP contribution is 2.25. The van der Waals surface area contributed by atoms with Gasteiger partial charge in [-0.1, -0.05) is 42.5 Å². The van der Waals surface area contributed by atoms with Crippen molar-refractivity contribution in [3.8, 4) is 5.75 Å². The number of fused-ring (bicyclic) bond motifs is 1. The first-order chi connectivity index (χ1) is 17.6. The molecule has 1 aliphatic heterocycles. The molecule has 0 spiro atoms. The lowest BCUT2D eigenvalue weighted by Gasteiger charge is -2.22. The van der Waals surface area contributed by atoms with E-state index in [-0.39, 0.29) is 30.8 Å². The number of amides is 2. The highest BCUT2D eigenvalue weighted by atomic mass is 16.8. The molecule has 36 heavy (non-hydrogen) atoms. The van der Waals surface area contributed by atoms with Crippen LogP contribution in [0.4, 0.5) is 0 Å². The molecule has 2 aromatic rings. The molecule has 0 aliphatic carbocycles. The number of hydrogen-bond donors (Lipinski definition) is 2. The van der Waals surface area contributed by atoms with Crippen LogP contribution in [0, 0.1) is 0 Å². The summed E-state index contributed by atoms with van der Waals surface area (Å²) in [5.41, 5.74) is 3.03. The van der Waals surface area contributed by atoms with Crippen LogP contribution in [0.1, 0.15) is 51.9 Å². The van der Waals surface area contributed by atoms with Gasteiger partial charge in [-0.3, -0.25) is 9.59 Å². The quantitative estimate of drug-likeness (QED) is 0.227. The predicted molar refractivity (Wildman–Crippen MR) is 138 cm³/mol. The highest BCUT2D eigenvalue weighted by molar-refractivity contribution is 5.94. The van der Waals surface area contributed by atoms with Gasteiger partial charge in [-0.15, -0.1) is 0 Å². The Morgan fingerprint density at radius 3 is 2.78 bits per heavy atom. The van der Waals surface area contributed by atoms with E-state index in [9.17, 15) is 9.59 Å². The van der Waals surface area contributed by atoms with E-state index in [4.69, 9.17) is 19.0 Å². The number of rotatable bonds is 14. The summed E-state index contributed by atoms with van der Waals surface area (Å²) in [5, 5.41) is 5.04. The lowest BCUT2D eigenvalue weighted by Crippen LogP contribution is -2.37. The monoisotopic (exact) mass is 498 g/mol. The van der Waals surface area contributed by atoms with Crippen LogP contribution in [0.2, 0.25) is 0 Å². The van der Waals surface area contributed by atoms with Gasteiger partial charge >= 0.3 is 0 Å². The van der Waals surface area contributed by atoms with E-state index in [0.29, 0.717) is 38.0 Å². The SMILES string of the molecule is COCC(C)NC(=O)/C(=C/CCCCC(=O)NOC1CCCCO1)COc1cccc2ccccc12. The third-order valence-electron chi connectivity index (χ3n) is 5.91. The fraction of sp³-hybridized carbons (Fsp3) is 0.500. The van der Waals surface area contributed by atoms with Crippen LogP contribution in [-0.4, -0.2) is 51.1 Å². The van der Waals surface area contributed by atoms with Gasteiger partial charge in [0.05, 0.1) is 12.2 Å². The molecule has 2 amide bonds. The lowest BCUT2D eigenvalue weighted by molar-refractivity contribution is -0.200. The van der Waals surface area contributed by atoms with E-state index in [1.807, 2.05) is 55.5 Å². The van der Waals surface area contributed by atoms with Crippen molar-refractivity contribution in [1.29, 1.82) is 0 Å². The molecular weight excluding hydrogens is 460 g/mol. The molecule has 2 aromatic carbocycles. The molecule has 0 bridgehead atoms. The van der Waals surface area contributed by atoms with Gasteiger partial charge in [-0.2, -0.15) is 0 Å². The summed E-state index contributed by atoms with van der Waals surface area (Å²) in [7, 11) is 1.60. The van der Waals surface area contributed by atoms with Crippen LogP contribution in [0.3, 0.4) is 0 Å². The first-order valence-electron chi connectivity index (χ1n) is 12.7. The second-order valence-electron chi connectivity index (χ2n) is 9.01. The van der Waals surface area contributed by atoms with Gasteiger partial charge in [-0.05, 0) is 50.5 Å². The van der Waals surface area contributed by atoms with Crippen molar-refractivity contribution in [2.24, 2.45) is 0 Å². The molecule has 2 unspecified atom stereocenters. The molecule has 1 saturated heterocycles. The summed E-state index contributed by atoms with van der Waals surface area (Å²) in [5.74, 6) is 0.382. The van der Waals surface area contributed by atoms with Crippen molar-refractivity contribution < 1.29 is 28.6 Å². The van der Waals surface area contributed by atoms with Crippen LogP contribution < -0.4 is 15.5 Å². The predicted octanol–water partition coefficient (Wildman–Crippen LogP) is 4.43. The average molecular weight is 499 g/mol. The molecule has 0 saturated carbocycles. The number of hydrogen-bond acceptors (Lipinski definition) is 6. The summed E-state index contributed by atoms with van der Waals surface area (Å²) < 4.78 is 16.6. The molecule has 8 nitrogen and oxygen atoms in total. The van der Waals surface area contributed by atoms with Crippen LogP contribution in [0.25, 0.3) is 10.8 Å². The van der Waals surface area contributed by atoms with E-state index in [0.717, 1.165) is 42.2 Å². The van der Waals surface area contributed by atoms with Gasteiger partial charge in [0.25, 0.3) is 5.91 Å². The van der Waals surface area contributed by atoms with E-state index >= 15 is 0 Å². The number of methoxy groups -OCH3 is 1. The lowest BCUT2D eigenvalue weighted by atomic mass is 10.1. The molecule has 1 aliphatic rings. The zero-order valence-electron chi connectivity index (χ0n) is 21.3. The topological polar surface area (TPSA) is 95.1 Å². The average Bonchev–Trinajstić information content (AvgIpc) is 2.89. The first-order valence-corrected chi connectivity index (χ1v) is 12.7. The van der Waals surface area contributed by atoms with Crippen molar-refractivity contribution in [1.82, 2.24) is 10.8 Å². The standard InChI is InChI=1S/C28H38N2O6/c1-21(19-33-2)29-28(32)23(20-35-25-15-10-13-22-11-6-7-14-24(22)25)12-4-3-5-16-26(31)30-36-27-17-8-9-18-34-27/h6-7,10-15,21,27H,3-5,8-9,16-20H2,1-2H3,(H,29,32)(H,30,31)/b23-12+. The minimum Gasteiger partial charge on any atom is -0.488 e. The Kier molecular flexibility index (Phi) is 11.7. The van der Waals surface area contributed by atoms with Crippen molar-refractivity contribution in [3.63, 3.8) is 0 Å². The Balaban J connectivity index is 1.50. The van der Waals surface area contributed by atoms with E-state index in [2.05, 4.69) is 10.8 Å².